The van der Waals surface area contributed by atoms with Crippen molar-refractivity contribution in [3.63, 3.8) is 0 Å². The van der Waals surface area contributed by atoms with Crippen molar-refractivity contribution in [1.29, 1.82) is 0 Å². The number of hydrogen-bond acceptors (Lipinski definition) is 5. The number of ether oxygens (including phenoxy) is 1. The molecule has 2 heterocycles. The van der Waals surface area contributed by atoms with Crippen molar-refractivity contribution < 1.29 is 9.53 Å². The molecule has 1 amide bonds. The lowest BCUT2D eigenvalue weighted by atomic mass is 10.2. The zero-order chi connectivity index (χ0) is 16.1. The number of nitrogens with one attached hydrogen (secondary N) is 1. The minimum atomic E-state index is 0.0728. The van der Waals surface area contributed by atoms with Crippen molar-refractivity contribution in [3.05, 3.63) is 45.9 Å². The van der Waals surface area contributed by atoms with Gasteiger partial charge in [-0.1, -0.05) is 6.07 Å². The third-order valence-electron chi connectivity index (χ3n) is 3.76. The second kappa shape index (κ2) is 7.57. The number of aryl methyl sites for hydroxylation is 1. The monoisotopic (exact) mass is 331 g/mol. The van der Waals surface area contributed by atoms with Gasteiger partial charge in [0.25, 0.3) is 5.91 Å². The highest BCUT2D eigenvalue weighted by atomic mass is 32.1. The third kappa shape index (κ3) is 4.30. The number of rotatable bonds is 4. The maximum atomic E-state index is 12.6. The first kappa shape index (κ1) is 16.0. The molecule has 1 fully saturated rings. The van der Waals surface area contributed by atoms with Crippen LogP contribution < -0.4 is 10.1 Å². The molecule has 0 bridgehead atoms. The molecule has 1 aromatic carbocycles. The fourth-order valence-corrected chi connectivity index (χ4v) is 3.18. The van der Waals surface area contributed by atoms with Gasteiger partial charge in [0.05, 0.1) is 10.7 Å². The van der Waals surface area contributed by atoms with Gasteiger partial charge in [-0.25, -0.2) is 4.98 Å². The summed E-state index contributed by atoms with van der Waals surface area (Å²) in [6, 6.07) is 7.41. The second-order valence-electron chi connectivity index (χ2n) is 5.57. The Bertz CT molecular complexity index is 663. The molecule has 1 aliphatic heterocycles. The van der Waals surface area contributed by atoms with Crippen LogP contribution in [0.4, 0.5) is 0 Å². The highest BCUT2D eigenvalue weighted by Gasteiger charge is 2.17. The Balaban J connectivity index is 1.65. The standard InChI is InChI=1S/C17H21N3O2S/c1-13-19-15(12-23-13)11-22-16-5-2-4-14(10-16)17(21)20-8-3-6-18-7-9-20/h2,4-5,10,12,18H,3,6-9,11H2,1H3. The van der Waals surface area contributed by atoms with Gasteiger partial charge in [-0.15, -0.1) is 11.3 Å². The van der Waals surface area contributed by atoms with Crippen molar-refractivity contribution in [2.45, 2.75) is 20.0 Å². The summed E-state index contributed by atoms with van der Waals surface area (Å²) in [6.45, 7) is 5.78. The number of carbonyl (C=O) groups excluding carboxylic acids is 1. The first-order valence-corrected chi connectivity index (χ1v) is 8.74. The molecule has 2 aromatic rings. The van der Waals surface area contributed by atoms with E-state index in [4.69, 9.17) is 4.74 Å². The van der Waals surface area contributed by atoms with Crippen LogP contribution in [0.3, 0.4) is 0 Å². The molecule has 0 aliphatic carbocycles. The number of nitrogens with zero attached hydrogens (tertiary/aromatic N) is 2. The van der Waals surface area contributed by atoms with Crippen LogP contribution in [-0.2, 0) is 6.61 Å². The second-order valence-corrected chi connectivity index (χ2v) is 6.63. The van der Waals surface area contributed by atoms with Gasteiger partial charge in [0.2, 0.25) is 0 Å². The number of hydrogen-bond donors (Lipinski definition) is 1. The summed E-state index contributed by atoms with van der Waals surface area (Å²) in [5.41, 5.74) is 1.60. The lowest BCUT2D eigenvalue weighted by molar-refractivity contribution is 0.0766. The predicted octanol–water partition coefficient (Wildman–Crippen LogP) is 2.47. The number of amides is 1. The molecular formula is C17H21N3O2S. The molecule has 23 heavy (non-hydrogen) atoms. The van der Waals surface area contributed by atoms with Gasteiger partial charge in [-0.3, -0.25) is 4.79 Å². The minimum absolute atomic E-state index is 0.0728. The molecule has 1 aromatic heterocycles. The van der Waals surface area contributed by atoms with Crippen LogP contribution in [-0.4, -0.2) is 42.0 Å². The zero-order valence-electron chi connectivity index (χ0n) is 13.2. The molecule has 6 heteroatoms. The summed E-state index contributed by atoms with van der Waals surface area (Å²) >= 11 is 1.61. The maximum absolute atomic E-state index is 12.6. The van der Waals surface area contributed by atoms with E-state index in [0.29, 0.717) is 17.9 Å². The van der Waals surface area contributed by atoms with E-state index in [-0.39, 0.29) is 5.91 Å². The molecule has 1 saturated heterocycles. The molecule has 0 spiro atoms. The van der Waals surface area contributed by atoms with Crippen LogP contribution in [0.15, 0.2) is 29.6 Å². The molecule has 0 saturated carbocycles. The SMILES string of the molecule is Cc1nc(COc2cccc(C(=O)N3CCCNCC3)c2)cs1. The molecule has 5 nitrogen and oxygen atoms in total. The highest BCUT2D eigenvalue weighted by molar-refractivity contribution is 7.09. The van der Waals surface area contributed by atoms with Crippen molar-refractivity contribution in [2.75, 3.05) is 26.2 Å². The van der Waals surface area contributed by atoms with E-state index in [9.17, 15) is 4.79 Å². The quantitative estimate of drug-likeness (QED) is 0.935. The Morgan fingerprint density at radius 2 is 2.30 bits per heavy atom. The van der Waals surface area contributed by atoms with Gasteiger partial charge in [0.1, 0.15) is 12.4 Å². The number of thiazole rings is 1. The van der Waals surface area contributed by atoms with E-state index in [1.807, 2.05) is 41.5 Å². The smallest absolute Gasteiger partial charge is 0.254 e. The Morgan fingerprint density at radius 1 is 1.39 bits per heavy atom. The molecule has 122 valence electrons. The fourth-order valence-electron chi connectivity index (χ4n) is 2.58. The first-order chi connectivity index (χ1) is 11.2. The fraction of sp³-hybridized carbons (Fsp3) is 0.412. The summed E-state index contributed by atoms with van der Waals surface area (Å²) in [6.07, 6.45) is 0.991. The molecule has 1 aliphatic rings. The van der Waals surface area contributed by atoms with E-state index in [0.717, 1.165) is 43.3 Å². The van der Waals surface area contributed by atoms with E-state index < -0.39 is 0 Å². The molecule has 3 rings (SSSR count). The maximum Gasteiger partial charge on any atom is 0.254 e. The lowest BCUT2D eigenvalue weighted by Crippen LogP contribution is -2.34. The third-order valence-corrected chi connectivity index (χ3v) is 4.58. The average Bonchev–Trinajstić information content (AvgIpc) is 2.82. The van der Waals surface area contributed by atoms with E-state index in [2.05, 4.69) is 10.3 Å². The number of carbonyl (C=O) groups is 1. The molecule has 0 radical (unpaired) electrons. The predicted molar refractivity (Wildman–Crippen MR) is 91.0 cm³/mol. The summed E-state index contributed by atoms with van der Waals surface area (Å²) in [5.74, 6) is 0.776. The molecular weight excluding hydrogens is 310 g/mol. The van der Waals surface area contributed by atoms with Gasteiger partial charge >= 0.3 is 0 Å². The van der Waals surface area contributed by atoms with Crippen LogP contribution in [0, 0.1) is 6.92 Å². The number of benzene rings is 1. The molecule has 0 unspecified atom stereocenters. The van der Waals surface area contributed by atoms with Crippen LogP contribution in [0.2, 0.25) is 0 Å². The van der Waals surface area contributed by atoms with Gasteiger partial charge in [0.15, 0.2) is 0 Å². The Morgan fingerprint density at radius 3 is 3.13 bits per heavy atom. The van der Waals surface area contributed by atoms with Gasteiger partial charge in [-0.05, 0) is 38.1 Å². The Hall–Kier alpha value is -1.92. The number of aromatic nitrogens is 1. The van der Waals surface area contributed by atoms with Crippen molar-refractivity contribution in [2.24, 2.45) is 0 Å². The highest BCUT2D eigenvalue weighted by Crippen LogP contribution is 2.18. The van der Waals surface area contributed by atoms with Gasteiger partial charge < -0.3 is 15.0 Å². The summed E-state index contributed by atoms with van der Waals surface area (Å²) in [4.78, 5) is 18.9. The van der Waals surface area contributed by atoms with E-state index in [1.54, 1.807) is 11.3 Å². The lowest BCUT2D eigenvalue weighted by Gasteiger charge is -2.20. The van der Waals surface area contributed by atoms with E-state index >= 15 is 0 Å². The topological polar surface area (TPSA) is 54.5 Å². The van der Waals surface area contributed by atoms with Crippen LogP contribution in [0.5, 0.6) is 5.75 Å². The van der Waals surface area contributed by atoms with Crippen molar-refractivity contribution >= 4 is 17.2 Å². The molecule has 1 N–H and O–H groups in total. The van der Waals surface area contributed by atoms with Crippen molar-refractivity contribution in [3.8, 4) is 5.75 Å². The Labute approximate surface area is 140 Å². The largest absolute Gasteiger partial charge is 0.487 e. The summed E-state index contributed by atoms with van der Waals surface area (Å²) in [7, 11) is 0. The minimum Gasteiger partial charge on any atom is -0.487 e. The van der Waals surface area contributed by atoms with Crippen LogP contribution in [0.1, 0.15) is 27.5 Å². The summed E-state index contributed by atoms with van der Waals surface area (Å²) in [5, 5.41) is 6.34. The van der Waals surface area contributed by atoms with Crippen molar-refractivity contribution in [1.82, 2.24) is 15.2 Å². The van der Waals surface area contributed by atoms with Gasteiger partial charge in [0, 0.05) is 30.6 Å². The van der Waals surface area contributed by atoms with Crippen LogP contribution in [0.25, 0.3) is 0 Å². The Kier molecular flexibility index (Phi) is 5.25. The molecule has 0 atom stereocenters. The zero-order valence-corrected chi connectivity index (χ0v) is 14.1. The van der Waals surface area contributed by atoms with Crippen LogP contribution >= 0.6 is 11.3 Å². The van der Waals surface area contributed by atoms with Gasteiger partial charge in [-0.2, -0.15) is 0 Å². The normalized spacial score (nSPS) is 15.3. The average molecular weight is 331 g/mol. The van der Waals surface area contributed by atoms with E-state index in [1.165, 1.54) is 0 Å². The first-order valence-electron chi connectivity index (χ1n) is 7.86. The summed E-state index contributed by atoms with van der Waals surface area (Å²) < 4.78 is 5.77.